The SMILES string of the molecule is C.C.O=C(CC1CCCCC1)c1[nH]nc2nc(N3CCC[C@@H]3CO)ccc12.O=C(CC1CCCCC1)c1[nH]nc2nc(N3CCC[C@@H]3O)ccc12.O=C(CC1CCCCC1)c1[nH]nc2nc(N3CCC[C@H]3CO)ccc12.O=C(CC1CCCCC1)c1[nH]nc2nc(N3CCC[C@H]3O)ccc12.O=C(Nc1[nH]nc2ncccc12)C1CCCCC1.O=C(Nc1[nH]nc2ncccc12)C1CCCNC1.O=C(O)C(F)(F)F.O=C(O)C(F)(F)F. The number of hydrogen-bond acceptors (Lipinski definition) is 29. The monoisotopic (exact) mass is 2090 g/mol. The van der Waals surface area contributed by atoms with Gasteiger partial charge in [-0.3, -0.25) is 59.4 Å². The third kappa shape index (κ3) is 30.2. The number of rotatable bonds is 22. The molecule has 39 nitrogen and oxygen atoms in total. The molecule has 0 radical (unpaired) electrons. The Morgan fingerprint density at radius 2 is 0.613 bits per heavy atom. The smallest absolute Gasteiger partial charge is 0.475 e. The van der Waals surface area contributed by atoms with Gasteiger partial charge in [0.2, 0.25) is 11.8 Å². The van der Waals surface area contributed by atoms with E-state index in [-0.39, 0.29) is 86.9 Å². The van der Waals surface area contributed by atoms with E-state index in [9.17, 15) is 75.5 Å². The number of H-pyrrole nitrogens is 6. The van der Waals surface area contributed by atoms with Crippen LogP contribution in [0.3, 0.4) is 0 Å². The summed E-state index contributed by atoms with van der Waals surface area (Å²) in [6.45, 7) is 5.45. The lowest BCUT2D eigenvalue weighted by atomic mass is 9.85. The summed E-state index contributed by atoms with van der Waals surface area (Å²) < 4.78 is 63.5. The number of fused-ring (bicyclic) bond motifs is 6. The number of pyridine rings is 6. The second-order valence-corrected chi connectivity index (χ2v) is 40.0. The van der Waals surface area contributed by atoms with Crippen LogP contribution in [0.1, 0.15) is 307 Å². The molecule has 1 unspecified atom stereocenters. The zero-order valence-electron chi connectivity index (χ0n) is 83.0. The molecule has 0 spiro atoms. The molecule has 12 aromatic rings. The van der Waals surface area contributed by atoms with Gasteiger partial charge in [-0.25, -0.2) is 39.5 Å². The first-order valence-corrected chi connectivity index (χ1v) is 52.2. The lowest BCUT2D eigenvalue weighted by Crippen LogP contribution is -2.37. The maximum absolute atomic E-state index is 12.7. The number of carboxylic acids is 2. The third-order valence-electron chi connectivity index (χ3n) is 29.6. The number of carbonyl (C=O) groups is 8. The van der Waals surface area contributed by atoms with E-state index in [4.69, 9.17) is 19.8 Å². The fourth-order valence-electron chi connectivity index (χ4n) is 21.5. The normalized spacial score (nSPS) is 19.9. The summed E-state index contributed by atoms with van der Waals surface area (Å²) in [5.41, 5.74) is 5.90. The number of Topliss-reactive ketones (excluding diaryl/α,β-unsaturated/α-hetero) is 4. The Balaban J connectivity index is 0.000000146. The van der Waals surface area contributed by atoms with E-state index in [1.807, 2.05) is 82.6 Å². The minimum atomic E-state index is -5.08. The van der Waals surface area contributed by atoms with Gasteiger partial charge < -0.3 is 66.2 Å². The van der Waals surface area contributed by atoms with Crippen molar-refractivity contribution in [3.8, 4) is 0 Å². The van der Waals surface area contributed by atoms with Gasteiger partial charge in [0.05, 0.1) is 42.0 Å². The van der Waals surface area contributed by atoms with Crippen LogP contribution in [0.5, 0.6) is 0 Å². The van der Waals surface area contributed by atoms with E-state index in [0.29, 0.717) is 118 Å². The molecular formula is C105H141F6N25O14. The summed E-state index contributed by atoms with van der Waals surface area (Å²) >= 11 is 0. The van der Waals surface area contributed by atoms with E-state index in [2.05, 4.69) is 117 Å². The highest BCUT2D eigenvalue weighted by molar-refractivity contribution is 6.08. The molecule has 5 aliphatic heterocycles. The number of aromatic nitrogens is 18. The van der Waals surface area contributed by atoms with Gasteiger partial charge >= 0.3 is 24.3 Å². The number of aliphatic hydroxyl groups excluding tert-OH is 4. The van der Waals surface area contributed by atoms with Gasteiger partial charge in [-0.1, -0.05) is 163 Å². The molecule has 5 atom stereocenters. The maximum Gasteiger partial charge on any atom is 0.490 e. The van der Waals surface area contributed by atoms with Crippen molar-refractivity contribution in [3.05, 3.63) is 108 Å². The average Bonchev–Trinajstić information content (AvgIpc) is 1.65. The van der Waals surface area contributed by atoms with Crippen LogP contribution in [0, 0.1) is 35.5 Å². The van der Waals surface area contributed by atoms with E-state index < -0.39 is 36.7 Å². The topological polar surface area (TPSA) is 556 Å². The first-order valence-electron chi connectivity index (χ1n) is 52.2. The van der Waals surface area contributed by atoms with Crippen molar-refractivity contribution in [2.24, 2.45) is 35.5 Å². The van der Waals surface area contributed by atoms with Crippen molar-refractivity contribution in [2.75, 3.05) is 82.7 Å². The second kappa shape index (κ2) is 54.5. The molecule has 2 amide bonds. The molecule has 150 heavy (non-hydrogen) atoms. The van der Waals surface area contributed by atoms with E-state index in [1.165, 1.54) is 83.5 Å². The van der Waals surface area contributed by atoms with Crippen molar-refractivity contribution >= 4 is 148 Å². The quantitative estimate of drug-likeness (QED) is 0.0221. The number of aliphatic carboxylic acids is 2. The predicted molar refractivity (Wildman–Crippen MR) is 556 cm³/mol. The van der Waals surface area contributed by atoms with Crippen molar-refractivity contribution in [1.29, 1.82) is 0 Å². The van der Waals surface area contributed by atoms with Crippen molar-refractivity contribution in [3.63, 3.8) is 0 Å². The number of hydrogen-bond donors (Lipinski definition) is 15. The van der Waals surface area contributed by atoms with Crippen LogP contribution in [0.15, 0.2) is 85.2 Å². The van der Waals surface area contributed by atoms with Gasteiger partial charge in [0.1, 0.15) is 70.1 Å². The molecule has 5 saturated carbocycles. The summed E-state index contributed by atoms with van der Waals surface area (Å²) in [6.07, 6.45) is 34.2. The highest BCUT2D eigenvalue weighted by Crippen LogP contribution is 2.38. The van der Waals surface area contributed by atoms with Gasteiger partial charge in [-0.15, -0.1) is 0 Å². The summed E-state index contributed by atoms with van der Waals surface area (Å²) in [4.78, 5) is 127. The van der Waals surface area contributed by atoms with Crippen LogP contribution in [0.4, 0.5) is 61.2 Å². The molecule has 45 heteroatoms. The Morgan fingerprint density at radius 3 is 0.900 bits per heavy atom. The van der Waals surface area contributed by atoms with Gasteiger partial charge in [0.25, 0.3) is 0 Å². The number of anilines is 6. The Kier molecular flexibility index (Phi) is 41.4. The minimum absolute atomic E-state index is 0. The number of carboxylic acid groups (broad SMARTS) is 2. The number of nitrogens with one attached hydrogen (secondary N) is 9. The van der Waals surface area contributed by atoms with Crippen LogP contribution in [-0.4, -0.2) is 258 Å². The molecule has 22 rings (SSSR count). The molecule has 17 heterocycles. The van der Waals surface area contributed by atoms with Gasteiger partial charge in [-0.2, -0.15) is 56.9 Å². The number of amides is 2. The Bertz CT molecular complexity index is 6050. The van der Waals surface area contributed by atoms with Crippen LogP contribution < -0.4 is 35.6 Å². The Morgan fingerprint density at radius 1 is 0.333 bits per heavy atom. The number of nitrogens with zero attached hydrogens (tertiary/aromatic N) is 16. The lowest BCUT2D eigenvalue weighted by Gasteiger charge is -2.23. The number of halogens is 6. The van der Waals surface area contributed by atoms with E-state index >= 15 is 0 Å². The standard InChI is InChI=1S/2C19H26N4O2.2C18H24N4O2.C13H16N4O.C12H15N5O.2C2HF3O2.2CH4/c2*24-12-14-7-4-10-23(14)17-9-8-15-18(21-22-19(15)20-17)16(25)11-13-5-2-1-3-6-13;2*23-14(11-12-5-2-1-3-6-12)17-13-8-9-15(19-18(13)21-20-17)22-10-4-7-16(22)24;18-13(9-5-2-1-3-6-9)15-12-10-7-4-8-14-11(10)16-17-12;18-12(8-3-1-5-13-7-8)15-11-9-4-2-6-14-10(9)16-17-11;2*3-2(4,5)1(6)7;;/h2*8-9,13-14,24H,1-7,10-12H2,(H,20,21,22);2*8-9,12,16,24H,1-7,10-11H2,(H,19,20,21);4,7-9H,1-3,5-6H2,(H2,14,15,16,17,18);2,4,6,8,13H,1,3,5,7H2,(H2,14,15,16,17,18);2*(H,6,7);2*1H4/t2*14-;2*16-;;;;;;/m1010....../s1. The summed E-state index contributed by atoms with van der Waals surface area (Å²) in [6, 6.07) is 23.1. The second-order valence-electron chi connectivity index (χ2n) is 40.0. The fraction of sp³-hybridized carbons (Fsp3) is 0.581. The van der Waals surface area contributed by atoms with Crippen molar-refractivity contribution in [1.82, 2.24) is 96.4 Å². The zero-order chi connectivity index (χ0) is 104. The Labute approximate surface area is 863 Å². The predicted octanol–water partition coefficient (Wildman–Crippen LogP) is 18.1. The van der Waals surface area contributed by atoms with Crippen LogP contribution >= 0.6 is 0 Å². The number of aromatic amines is 6. The Hall–Kier alpha value is -13.1. The molecule has 0 bridgehead atoms. The number of piperidine rings is 1. The molecule has 5 aliphatic carbocycles. The highest BCUT2D eigenvalue weighted by Gasteiger charge is 2.40. The van der Waals surface area contributed by atoms with E-state index in [0.717, 1.165) is 236 Å². The molecule has 10 fully saturated rings. The molecule has 812 valence electrons. The molecule has 15 N–H and O–H groups in total. The number of alkyl halides is 6. The van der Waals surface area contributed by atoms with Gasteiger partial charge in [-0.05, 0) is 180 Å². The van der Waals surface area contributed by atoms with Gasteiger partial charge in [0, 0.05) is 98.3 Å². The van der Waals surface area contributed by atoms with Crippen LogP contribution in [-0.2, 0) is 19.2 Å². The average molecular weight is 2090 g/mol. The van der Waals surface area contributed by atoms with Gasteiger partial charge in [0.15, 0.2) is 57.0 Å². The largest absolute Gasteiger partial charge is 0.490 e. The van der Waals surface area contributed by atoms with Crippen molar-refractivity contribution in [2.45, 2.75) is 302 Å². The summed E-state index contributed by atoms with van der Waals surface area (Å²) in [5, 5.41) is 110. The number of ketones is 4. The number of aliphatic hydroxyl groups is 4. The maximum atomic E-state index is 12.7. The third-order valence-corrected chi connectivity index (χ3v) is 29.6. The first kappa shape index (κ1) is 114. The molecule has 5 saturated heterocycles. The molecular weight excluding hydrogens is 1950 g/mol. The van der Waals surface area contributed by atoms with Crippen LogP contribution in [0.25, 0.3) is 66.2 Å². The molecule has 10 aliphatic rings. The fourth-order valence-corrected chi connectivity index (χ4v) is 21.5. The zero-order valence-corrected chi connectivity index (χ0v) is 83.0. The minimum Gasteiger partial charge on any atom is -0.475 e. The van der Waals surface area contributed by atoms with Crippen LogP contribution in [0.2, 0.25) is 0 Å². The van der Waals surface area contributed by atoms with Crippen molar-refractivity contribution < 1.29 is 95.3 Å². The first-order chi connectivity index (χ1) is 71.5. The lowest BCUT2D eigenvalue weighted by molar-refractivity contribution is -0.193. The number of carbonyl (C=O) groups excluding carboxylic acids is 6. The summed E-state index contributed by atoms with van der Waals surface area (Å²) in [5.74, 6) is 1.86. The van der Waals surface area contributed by atoms with E-state index in [1.54, 1.807) is 12.4 Å². The molecule has 0 aromatic carbocycles. The summed E-state index contributed by atoms with van der Waals surface area (Å²) in [7, 11) is 0. The highest BCUT2D eigenvalue weighted by atomic mass is 19.4. The molecule has 12 aromatic heterocycles.